The lowest BCUT2D eigenvalue weighted by atomic mass is 10.1. The first-order valence-electron chi connectivity index (χ1n) is 5.56. The van der Waals surface area contributed by atoms with E-state index in [1.807, 2.05) is 0 Å². The molecule has 0 aromatic heterocycles. The maximum absolute atomic E-state index is 5.58. The van der Waals surface area contributed by atoms with E-state index in [2.05, 4.69) is 26.1 Å². The number of nitrogens with one attached hydrogen (secondary N) is 1. The summed E-state index contributed by atoms with van der Waals surface area (Å²) < 4.78 is 5.58. The van der Waals surface area contributed by atoms with E-state index in [0.29, 0.717) is 18.2 Å². The highest BCUT2D eigenvalue weighted by Crippen LogP contribution is 2.17. The van der Waals surface area contributed by atoms with E-state index in [9.17, 15) is 0 Å². The van der Waals surface area contributed by atoms with Crippen molar-refractivity contribution in [1.29, 1.82) is 0 Å². The summed E-state index contributed by atoms with van der Waals surface area (Å²) in [5.74, 6) is 0. The van der Waals surface area contributed by atoms with Crippen LogP contribution in [0.25, 0.3) is 0 Å². The fourth-order valence-corrected chi connectivity index (χ4v) is 1.96. The van der Waals surface area contributed by atoms with Crippen molar-refractivity contribution in [3.63, 3.8) is 0 Å². The molecule has 1 fully saturated rings. The Morgan fingerprint density at radius 3 is 2.69 bits per heavy atom. The van der Waals surface area contributed by atoms with Crippen molar-refractivity contribution in [2.45, 2.75) is 64.6 Å². The van der Waals surface area contributed by atoms with Gasteiger partial charge in [0, 0.05) is 18.7 Å². The second-order valence-electron chi connectivity index (χ2n) is 4.43. The van der Waals surface area contributed by atoms with Crippen molar-refractivity contribution in [2.75, 3.05) is 6.61 Å². The Labute approximate surface area is 82.0 Å². The Balaban J connectivity index is 2.03. The molecular formula is C11H23NO. The molecule has 0 aliphatic carbocycles. The molecule has 2 atom stereocenters. The van der Waals surface area contributed by atoms with Crippen molar-refractivity contribution < 1.29 is 4.74 Å². The minimum Gasteiger partial charge on any atom is -0.378 e. The van der Waals surface area contributed by atoms with Crippen molar-refractivity contribution in [3.8, 4) is 0 Å². The summed E-state index contributed by atoms with van der Waals surface area (Å²) in [6.45, 7) is 7.64. The normalized spacial score (nSPS) is 25.4. The highest BCUT2D eigenvalue weighted by molar-refractivity contribution is 4.70. The van der Waals surface area contributed by atoms with E-state index >= 15 is 0 Å². The van der Waals surface area contributed by atoms with E-state index in [0.717, 1.165) is 6.61 Å². The predicted molar refractivity (Wildman–Crippen MR) is 55.9 cm³/mol. The van der Waals surface area contributed by atoms with Crippen LogP contribution in [-0.4, -0.2) is 24.8 Å². The predicted octanol–water partition coefficient (Wildman–Crippen LogP) is 2.33. The first-order valence-corrected chi connectivity index (χ1v) is 5.56. The molecule has 1 saturated heterocycles. The number of ether oxygens (including phenoxy) is 1. The molecule has 2 unspecified atom stereocenters. The van der Waals surface area contributed by atoms with Crippen LogP contribution in [0, 0.1) is 0 Å². The monoisotopic (exact) mass is 185 g/mol. The van der Waals surface area contributed by atoms with Gasteiger partial charge in [-0.1, -0.05) is 13.8 Å². The zero-order valence-electron chi connectivity index (χ0n) is 9.18. The molecule has 1 aliphatic heterocycles. The molecule has 0 amide bonds. The van der Waals surface area contributed by atoms with Gasteiger partial charge in [0.2, 0.25) is 0 Å². The lowest BCUT2D eigenvalue weighted by molar-refractivity contribution is 0.0998. The van der Waals surface area contributed by atoms with Crippen molar-refractivity contribution in [1.82, 2.24) is 5.32 Å². The summed E-state index contributed by atoms with van der Waals surface area (Å²) in [4.78, 5) is 0. The van der Waals surface area contributed by atoms with E-state index in [-0.39, 0.29) is 0 Å². The van der Waals surface area contributed by atoms with Crippen LogP contribution >= 0.6 is 0 Å². The van der Waals surface area contributed by atoms with Crippen LogP contribution in [0.3, 0.4) is 0 Å². The van der Waals surface area contributed by atoms with Crippen LogP contribution in [0.15, 0.2) is 0 Å². The second-order valence-corrected chi connectivity index (χ2v) is 4.43. The molecular weight excluding hydrogens is 162 g/mol. The molecule has 1 heterocycles. The Morgan fingerprint density at radius 2 is 2.15 bits per heavy atom. The molecule has 1 rings (SSSR count). The molecule has 78 valence electrons. The molecule has 0 radical (unpaired) electrons. The highest BCUT2D eigenvalue weighted by atomic mass is 16.5. The Bertz CT molecular complexity index is 130. The van der Waals surface area contributed by atoms with Crippen LogP contribution in [0.2, 0.25) is 0 Å². The summed E-state index contributed by atoms with van der Waals surface area (Å²) in [6.07, 6.45) is 5.55. The van der Waals surface area contributed by atoms with Gasteiger partial charge in [-0.3, -0.25) is 0 Å². The quantitative estimate of drug-likeness (QED) is 0.710. The second kappa shape index (κ2) is 5.61. The summed E-state index contributed by atoms with van der Waals surface area (Å²) in [6, 6.07) is 1.23. The standard InChI is InChI=1S/C11H23NO/c1-9(2)12-10(3)6-7-11-5-4-8-13-11/h9-12H,4-8H2,1-3H3. The molecule has 13 heavy (non-hydrogen) atoms. The number of hydrogen-bond donors (Lipinski definition) is 1. The fraction of sp³-hybridized carbons (Fsp3) is 1.00. The maximum atomic E-state index is 5.58. The van der Waals surface area contributed by atoms with Gasteiger partial charge in [0.1, 0.15) is 0 Å². The van der Waals surface area contributed by atoms with Gasteiger partial charge in [0.25, 0.3) is 0 Å². The third-order valence-corrected chi connectivity index (χ3v) is 2.56. The molecule has 0 aromatic carbocycles. The van der Waals surface area contributed by atoms with Crippen LogP contribution in [0.4, 0.5) is 0 Å². The van der Waals surface area contributed by atoms with Gasteiger partial charge >= 0.3 is 0 Å². The molecule has 0 saturated carbocycles. The largest absolute Gasteiger partial charge is 0.378 e. The van der Waals surface area contributed by atoms with Crippen molar-refractivity contribution in [3.05, 3.63) is 0 Å². The van der Waals surface area contributed by atoms with Crippen LogP contribution in [0.5, 0.6) is 0 Å². The minimum absolute atomic E-state index is 0.552. The molecule has 1 N–H and O–H groups in total. The third kappa shape index (κ3) is 4.63. The third-order valence-electron chi connectivity index (χ3n) is 2.56. The first kappa shape index (κ1) is 11.0. The summed E-state index contributed by atoms with van der Waals surface area (Å²) in [7, 11) is 0. The summed E-state index contributed by atoms with van der Waals surface area (Å²) in [5.41, 5.74) is 0. The number of rotatable bonds is 5. The Morgan fingerprint density at radius 1 is 1.38 bits per heavy atom. The maximum Gasteiger partial charge on any atom is 0.0576 e. The summed E-state index contributed by atoms with van der Waals surface area (Å²) in [5, 5.41) is 3.51. The lowest BCUT2D eigenvalue weighted by Crippen LogP contribution is -2.32. The van der Waals surface area contributed by atoms with E-state index < -0.39 is 0 Å². The Hall–Kier alpha value is -0.0800. The lowest BCUT2D eigenvalue weighted by Gasteiger charge is -2.18. The van der Waals surface area contributed by atoms with Gasteiger partial charge in [0.15, 0.2) is 0 Å². The minimum atomic E-state index is 0.552. The van der Waals surface area contributed by atoms with Gasteiger partial charge in [-0.05, 0) is 32.6 Å². The molecule has 0 aromatic rings. The first-order chi connectivity index (χ1) is 6.18. The van der Waals surface area contributed by atoms with Gasteiger partial charge in [0.05, 0.1) is 6.10 Å². The van der Waals surface area contributed by atoms with Gasteiger partial charge in [-0.25, -0.2) is 0 Å². The van der Waals surface area contributed by atoms with Crippen molar-refractivity contribution in [2.24, 2.45) is 0 Å². The molecule has 0 spiro atoms. The Kier molecular flexibility index (Phi) is 4.74. The molecule has 2 nitrogen and oxygen atoms in total. The van der Waals surface area contributed by atoms with E-state index in [1.54, 1.807) is 0 Å². The highest BCUT2D eigenvalue weighted by Gasteiger charge is 2.16. The van der Waals surface area contributed by atoms with Gasteiger partial charge in [-0.15, -0.1) is 0 Å². The van der Waals surface area contributed by atoms with Crippen LogP contribution in [0.1, 0.15) is 46.5 Å². The molecule has 2 heteroatoms. The van der Waals surface area contributed by atoms with Gasteiger partial charge < -0.3 is 10.1 Å². The molecule has 0 bridgehead atoms. The van der Waals surface area contributed by atoms with Gasteiger partial charge in [-0.2, -0.15) is 0 Å². The zero-order valence-corrected chi connectivity index (χ0v) is 9.18. The topological polar surface area (TPSA) is 21.3 Å². The average molecular weight is 185 g/mol. The SMILES string of the molecule is CC(C)NC(C)CCC1CCCO1. The zero-order chi connectivity index (χ0) is 9.68. The average Bonchev–Trinajstić information content (AvgIpc) is 2.51. The molecule has 1 aliphatic rings. The van der Waals surface area contributed by atoms with E-state index in [1.165, 1.54) is 25.7 Å². The van der Waals surface area contributed by atoms with E-state index in [4.69, 9.17) is 4.74 Å². The summed E-state index contributed by atoms with van der Waals surface area (Å²) >= 11 is 0. The fourth-order valence-electron chi connectivity index (χ4n) is 1.96. The number of hydrogen-bond acceptors (Lipinski definition) is 2. The smallest absolute Gasteiger partial charge is 0.0576 e. The van der Waals surface area contributed by atoms with Crippen LogP contribution < -0.4 is 5.32 Å². The van der Waals surface area contributed by atoms with Crippen LogP contribution in [-0.2, 0) is 4.74 Å². The van der Waals surface area contributed by atoms with Crippen molar-refractivity contribution >= 4 is 0 Å².